The second-order valence-corrected chi connectivity index (χ2v) is 7.73. The molecule has 7 heteroatoms. The zero-order valence-corrected chi connectivity index (χ0v) is 15.5. The van der Waals surface area contributed by atoms with Crippen LogP contribution in [0.3, 0.4) is 0 Å². The fourth-order valence-electron chi connectivity index (χ4n) is 2.47. The quantitative estimate of drug-likeness (QED) is 0.842. The molecule has 0 bridgehead atoms. The molecule has 0 saturated heterocycles. The van der Waals surface area contributed by atoms with Crippen LogP contribution in [0.1, 0.15) is 16.7 Å². The fraction of sp³-hybridized carbons (Fsp3) is 0.250. The van der Waals surface area contributed by atoms with Crippen molar-refractivity contribution in [1.29, 1.82) is 0 Å². The van der Waals surface area contributed by atoms with E-state index in [2.05, 4.69) is 4.72 Å². The van der Waals surface area contributed by atoms with Gasteiger partial charge in [0.25, 0.3) is 10.0 Å². The van der Waals surface area contributed by atoms with E-state index in [0.717, 1.165) is 5.56 Å². The molecule has 23 heavy (non-hydrogen) atoms. The van der Waals surface area contributed by atoms with Gasteiger partial charge in [-0.15, -0.1) is 0 Å². The lowest BCUT2D eigenvalue weighted by Gasteiger charge is -2.17. The van der Waals surface area contributed by atoms with Crippen LogP contribution in [0.4, 0.5) is 5.69 Å². The summed E-state index contributed by atoms with van der Waals surface area (Å²) >= 11 is 11.8. The highest BCUT2D eigenvalue weighted by molar-refractivity contribution is 7.92. The van der Waals surface area contributed by atoms with E-state index >= 15 is 0 Å². The Balaban J connectivity index is 2.54. The van der Waals surface area contributed by atoms with E-state index < -0.39 is 10.0 Å². The first-order valence-corrected chi connectivity index (χ1v) is 9.03. The van der Waals surface area contributed by atoms with E-state index in [-0.39, 0.29) is 4.90 Å². The van der Waals surface area contributed by atoms with Gasteiger partial charge in [0, 0.05) is 10.0 Å². The predicted molar refractivity (Wildman–Crippen MR) is 94.5 cm³/mol. The van der Waals surface area contributed by atoms with E-state index in [1.54, 1.807) is 27.0 Å². The number of methoxy groups -OCH3 is 1. The molecule has 2 aromatic rings. The Morgan fingerprint density at radius 1 is 0.957 bits per heavy atom. The minimum absolute atomic E-state index is 0.229. The number of ether oxygens (including phenoxy) is 1. The average Bonchev–Trinajstić information content (AvgIpc) is 2.40. The Labute approximate surface area is 146 Å². The topological polar surface area (TPSA) is 55.4 Å². The van der Waals surface area contributed by atoms with Crippen molar-refractivity contribution in [3.8, 4) is 5.75 Å². The summed E-state index contributed by atoms with van der Waals surface area (Å²) in [6.07, 6.45) is 0. The number of hydrogen-bond acceptors (Lipinski definition) is 3. The molecule has 0 spiro atoms. The Hall–Kier alpha value is -1.43. The molecule has 0 unspecified atom stereocenters. The maximum absolute atomic E-state index is 12.8. The molecule has 1 N–H and O–H groups in total. The van der Waals surface area contributed by atoms with Crippen LogP contribution in [0.15, 0.2) is 29.2 Å². The highest BCUT2D eigenvalue weighted by atomic mass is 35.5. The Morgan fingerprint density at radius 3 is 2.04 bits per heavy atom. The van der Waals surface area contributed by atoms with Gasteiger partial charge < -0.3 is 4.74 Å². The molecule has 124 valence electrons. The first kappa shape index (κ1) is 17.9. The van der Waals surface area contributed by atoms with Gasteiger partial charge in [-0.05, 0) is 61.7 Å². The molecule has 0 saturated carbocycles. The zero-order chi connectivity index (χ0) is 17.4. The molecular weight excluding hydrogens is 357 g/mol. The largest absolute Gasteiger partial charge is 0.496 e. The van der Waals surface area contributed by atoms with E-state index in [0.29, 0.717) is 32.6 Å². The summed E-state index contributed by atoms with van der Waals surface area (Å²) in [5, 5.41) is 0.712. The van der Waals surface area contributed by atoms with Crippen molar-refractivity contribution < 1.29 is 13.2 Å². The van der Waals surface area contributed by atoms with Gasteiger partial charge in [-0.2, -0.15) is 0 Å². The molecule has 0 radical (unpaired) electrons. The van der Waals surface area contributed by atoms with Crippen molar-refractivity contribution in [2.24, 2.45) is 0 Å². The summed E-state index contributed by atoms with van der Waals surface area (Å²) < 4.78 is 33.4. The number of anilines is 1. The number of hydrogen-bond donors (Lipinski definition) is 1. The Morgan fingerprint density at radius 2 is 1.52 bits per heavy atom. The third-order valence-electron chi connectivity index (χ3n) is 3.58. The molecule has 0 fully saturated rings. The van der Waals surface area contributed by atoms with Crippen molar-refractivity contribution in [3.05, 3.63) is 51.0 Å². The van der Waals surface area contributed by atoms with Crippen LogP contribution in [-0.4, -0.2) is 15.5 Å². The molecule has 0 aliphatic rings. The van der Waals surface area contributed by atoms with Gasteiger partial charge in [-0.1, -0.05) is 23.2 Å². The van der Waals surface area contributed by atoms with Crippen LogP contribution in [-0.2, 0) is 10.0 Å². The number of sulfonamides is 1. The number of rotatable bonds is 4. The van der Waals surface area contributed by atoms with Crippen molar-refractivity contribution in [3.63, 3.8) is 0 Å². The van der Waals surface area contributed by atoms with Gasteiger partial charge in [0.05, 0.1) is 17.7 Å². The second-order valence-electron chi connectivity index (χ2n) is 5.24. The summed E-state index contributed by atoms with van der Waals surface area (Å²) in [6, 6.07) is 6.26. The summed E-state index contributed by atoms with van der Waals surface area (Å²) in [5.74, 6) is 0.657. The van der Waals surface area contributed by atoms with Crippen LogP contribution in [0.5, 0.6) is 5.75 Å². The van der Waals surface area contributed by atoms with Gasteiger partial charge in [0.2, 0.25) is 0 Å². The first-order chi connectivity index (χ1) is 10.7. The molecule has 0 heterocycles. The van der Waals surface area contributed by atoms with Crippen LogP contribution in [0.2, 0.25) is 10.0 Å². The second kappa shape index (κ2) is 6.59. The molecule has 2 rings (SSSR count). The van der Waals surface area contributed by atoms with Crippen LogP contribution in [0, 0.1) is 20.8 Å². The van der Waals surface area contributed by atoms with Crippen molar-refractivity contribution in [2.45, 2.75) is 25.7 Å². The predicted octanol–water partition coefficient (Wildman–Crippen LogP) is 4.73. The monoisotopic (exact) mass is 373 g/mol. The molecule has 0 atom stereocenters. The minimum Gasteiger partial charge on any atom is -0.496 e. The smallest absolute Gasteiger partial charge is 0.262 e. The van der Waals surface area contributed by atoms with Gasteiger partial charge >= 0.3 is 0 Å². The van der Waals surface area contributed by atoms with Gasteiger partial charge in [-0.3, -0.25) is 4.72 Å². The molecule has 4 nitrogen and oxygen atoms in total. The van der Waals surface area contributed by atoms with E-state index in [9.17, 15) is 8.42 Å². The maximum atomic E-state index is 12.8. The zero-order valence-electron chi connectivity index (χ0n) is 13.2. The lowest BCUT2D eigenvalue weighted by atomic mass is 10.1. The van der Waals surface area contributed by atoms with Crippen molar-refractivity contribution in [1.82, 2.24) is 0 Å². The van der Waals surface area contributed by atoms with Crippen molar-refractivity contribution >= 4 is 38.9 Å². The molecular formula is C16H17Cl2NO3S. The third kappa shape index (κ3) is 3.74. The summed E-state index contributed by atoms with van der Waals surface area (Å²) in [7, 11) is -2.22. The highest BCUT2D eigenvalue weighted by Gasteiger charge is 2.23. The first-order valence-electron chi connectivity index (χ1n) is 6.79. The highest BCUT2D eigenvalue weighted by Crippen LogP contribution is 2.32. The summed E-state index contributed by atoms with van der Waals surface area (Å²) in [6.45, 7) is 5.31. The average molecular weight is 374 g/mol. The molecule has 0 aliphatic heterocycles. The third-order valence-corrected chi connectivity index (χ3v) is 5.69. The van der Waals surface area contributed by atoms with Gasteiger partial charge in [-0.25, -0.2) is 8.42 Å². The van der Waals surface area contributed by atoms with Gasteiger partial charge in [0.15, 0.2) is 0 Å². The normalized spacial score (nSPS) is 11.4. The van der Waals surface area contributed by atoms with Crippen LogP contribution < -0.4 is 9.46 Å². The Bertz CT molecular complexity index is 844. The lowest BCUT2D eigenvalue weighted by molar-refractivity contribution is 0.410. The van der Waals surface area contributed by atoms with Crippen LogP contribution in [0.25, 0.3) is 0 Å². The lowest BCUT2D eigenvalue weighted by Crippen LogP contribution is -2.16. The van der Waals surface area contributed by atoms with Crippen molar-refractivity contribution in [2.75, 3.05) is 11.8 Å². The number of benzene rings is 2. The molecule has 2 aromatic carbocycles. The molecule has 0 amide bonds. The standard InChI is InChI=1S/C16H17Cl2NO3S/c1-9-5-15(22-4)10(2)11(3)16(9)23(20,21)19-14-7-12(17)6-13(18)8-14/h5-8,19H,1-4H3. The van der Waals surface area contributed by atoms with Crippen LogP contribution >= 0.6 is 23.2 Å². The van der Waals surface area contributed by atoms with E-state index in [1.165, 1.54) is 18.2 Å². The minimum atomic E-state index is -3.78. The number of halogens is 2. The number of nitrogens with one attached hydrogen (secondary N) is 1. The van der Waals surface area contributed by atoms with Gasteiger partial charge in [0.1, 0.15) is 5.75 Å². The maximum Gasteiger partial charge on any atom is 0.262 e. The fourth-order valence-corrected chi connectivity index (χ4v) is 4.56. The van der Waals surface area contributed by atoms with E-state index in [4.69, 9.17) is 27.9 Å². The molecule has 0 aliphatic carbocycles. The number of aryl methyl sites for hydroxylation is 1. The Kier molecular flexibility index (Phi) is 5.14. The SMILES string of the molecule is COc1cc(C)c(S(=O)(=O)Nc2cc(Cl)cc(Cl)c2)c(C)c1C. The summed E-state index contributed by atoms with van der Waals surface area (Å²) in [4.78, 5) is 0.229. The van der Waals surface area contributed by atoms with E-state index in [1.807, 2.05) is 6.92 Å². The molecule has 0 aromatic heterocycles. The summed E-state index contributed by atoms with van der Waals surface area (Å²) in [5.41, 5.74) is 2.34.